The number of halogens is 1. The fourth-order valence-corrected chi connectivity index (χ4v) is 3.55. The highest BCUT2D eigenvalue weighted by atomic mass is 19.1. The van der Waals surface area contributed by atoms with Crippen molar-refractivity contribution in [2.45, 2.75) is 26.0 Å². The molecule has 0 aromatic heterocycles. The van der Waals surface area contributed by atoms with Crippen molar-refractivity contribution < 1.29 is 28.7 Å². The monoisotopic (exact) mass is 426 g/mol. The van der Waals surface area contributed by atoms with Crippen molar-refractivity contribution in [2.75, 3.05) is 27.2 Å². The molecule has 164 valence electrons. The Bertz CT molecular complexity index is 982. The predicted octanol–water partition coefficient (Wildman–Crippen LogP) is 0.981. The first kappa shape index (κ1) is 22.5. The Kier molecular flexibility index (Phi) is 6.75. The Morgan fingerprint density at radius 3 is 2.26 bits per heavy atom. The Morgan fingerprint density at radius 2 is 1.71 bits per heavy atom. The van der Waals surface area contributed by atoms with Crippen LogP contribution in [0.25, 0.3) is 5.76 Å². The molecule has 2 aromatic carbocycles. The number of ketones is 1. The van der Waals surface area contributed by atoms with Gasteiger partial charge in [-0.3, -0.25) is 9.59 Å². The molecule has 1 amide bonds. The Labute approximate surface area is 181 Å². The Morgan fingerprint density at radius 1 is 1.10 bits per heavy atom. The van der Waals surface area contributed by atoms with Gasteiger partial charge in [-0.25, -0.2) is 4.39 Å². The second-order valence-corrected chi connectivity index (χ2v) is 8.17. The van der Waals surface area contributed by atoms with E-state index in [-0.39, 0.29) is 11.7 Å². The van der Waals surface area contributed by atoms with Crippen LogP contribution in [0.4, 0.5) is 4.39 Å². The molecular formula is C24H27FN2O4. The maximum atomic E-state index is 13.5. The standard InChI is InChI=1S/C24H27FN2O4/c1-15(2)31-19-11-7-17(8-12-19)22(28)20-21(16-5-9-18(25)10-6-16)27(14-13-26(3)4)24(30)23(20)29/h5-12,15,21,28H,13-14H2,1-4H3/b22-20+. The molecule has 1 saturated heterocycles. The van der Waals surface area contributed by atoms with Gasteiger partial charge in [-0.1, -0.05) is 30.0 Å². The molecule has 1 fully saturated rings. The highest BCUT2D eigenvalue weighted by molar-refractivity contribution is 6.46. The Hall–Kier alpha value is -3.19. The number of nitrogens with one attached hydrogen (secondary N) is 1. The van der Waals surface area contributed by atoms with Crippen molar-refractivity contribution in [3.05, 3.63) is 71.0 Å². The molecule has 7 heteroatoms. The van der Waals surface area contributed by atoms with E-state index in [1.165, 1.54) is 29.2 Å². The summed E-state index contributed by atoms with van der Waals surface area (Å²) in [7, 11) is 3.87. The van der Waals surface area contributed by atoms with Crippen LogP contribution in [-0.2, 0) is 9.59 Å². The summed E-state index contributed by atoms with van der Waals surface area (Å²) < 4.78 is 19.1. The van der Waals surface area contributed by atoms with E-state index >= 15 is 0 Å². The SMILES string of the molecule is CC(C)Oc1ccc(/C([O-])=C2\C(=O)C(=O)N(CC[NH+](C)C)C2c2ccc(F)cc2)cc1. The summed E-state index contributed by atoms with van der Waals surface area (Å²) in [6.45, 7) is 4.69. The minimum Gasteiger partial charge on any atom is -0.872 e. The number of quaternary nitrogens is 1. The molecule has 1 heterocycles. The third-order valence-corrected chi connectivity index (χ3v) is 5.06. The lowest BCUT2D eigenvalue weighted by molar-refractivity contribution is -0.857. The number of benzene rings is 2. The lowest BCUT2D eigenvalue weighted by Crippen LogP contribution is -3.06. The van der Waals surface area contributed by atoms with E-state index in [1.807, 2.05) is 27.9 Å². The van der Waals surface area contributed by atoms with Gasteiger partial charge in [0.2, 0.25) is 5.78 Å². The van der Waals surface area contributed by atoms with Crippen molar-refractivity contribution in [3.8, 4) is 5.75 Å². The fourth-order valence-electron chi connectivity index (χ4n) is 3.55. The van der Waals surface area contributed by atoms with Gasteiger partial charge in [0.1, 0.15) is 11.6 Å². The number of carbonyl (C=O) groups is 2. The van der Waals surface area contributed by atoms with Crippen molar-refractivity contribution in [1.29, 1.82) is 0 Å². The highest BCUT2D eigenvalue weighted by Gasteiger charge is 2.44. The summed E-state index contributed by atoms with van der Waals surface area (Å²) in [5, 5.41) is 13.3. The van der Waals surface area contributed by atoms with Gasteiger partial charge in [0.05, 0.1) is 39.3 Å². The second-order valence-electron chi connectivity index (χ2n) is 8.17. The zero-order valence-corrected chi connectivity index (χ0v) is 18.1. The smallest absolute Gasteiger partial charge is 0.295 e. The molecule has 3 rings (SSSR count). The lowest BCUT2D eigenvalue weighted by atomic mass is 9.95. The molecule has 2 aromatic rings. The number of carbonyl (C=O) groups excluding carboxylic acids is 2. The number of likely N-dealkylation sites (N-methyl/N-ethyl adjacent to an activating group) is 1. The summed E-state index contributed by atoms with van der Waals surface area (Å²) in [5.41, 5.74) is 0.708. The van der Waals surface area contributed by atoms with E-state index in [0.29, 0.717) is 30.0 Å². The topological polar surface area (TPSA) is 74.1 Å². The maximum Gasteiger partial charge on any atom is 0.295 e. The molecule has 31 heavy (non-hydrogen) atoms. The molecule has 0 aliphatic carbocycles. The number of ether oxygens (including phenoxy) is 1. The van der Waals surface area contributed by atoms with E-state index in [2.05, 4.69) is 0 Å². The molecule has 1 N–H and O–H groups in total. The summed E-state index contributed by atoms with van der Waals surface area (Å²) in [6.07, 6.45) is -0.0137. The number of nitrogens with zero attached hydrogens (tertiary/aromatic N) is 1. The van der Waals surface area contributed by atoms with Crippen LogP contribution in [0.5, 0.6) is 5.75 Å². The first-order valence-corrected chi connectivity index (χ1v) is 10.3. The average molecular weight is 426 g/mol. The first-order chi connectivity index (χ1) is 14.7. The molecule has 0 spiro atoms. The molecule has 6 nitrogen and oxygen atoms in total. The number of hydrogen-bond acceptors (Lipinski definition) is 4. The van der Waals surface area contributed by atoms with Crippen LogP contribution < -0.4 is 14.7 Å². The van der Waals surface area contributed by atoms with Crippen LogP contribution in [0.15, 0.2) is 54.1 Å². The van der Waals surface area contributed by atoms with E-state index in [9.17, 15) is 19.1 Å². The third-order valence-electron chi connectivity index (χ3n) is 5.06. The molecule has 0 saturated carbocycles. The average Bonchev–Trinajstić information content (AvgIpc) is 2.97. The zero-order chi connectivity index (χ0) is 22.7. The van der Waals surface area contributed by atoms with Gasteiger partial charge in [-0.05, 0) is 49.2 Å². The first-order valence-electron chi connectivity index (χ1n) is 10.3. The zero-order valence-electron chi connectivity index (χ0n) is 18.1. The fraction of sp³-hybridized carbons (Fsp3) is 0.333. The number of rotatable bonds is 7. The van der Waals surface area contributed by atoms with Crippen molar-refractivity contribution in [3.63, 3.8) is 0 Å². The van der Waals surface area contributed by atoms with Crippen LogP contribution in [0.3, 0.4) is 0 Å². The summed E-state index contributed by atoms with van der Waals surface area (Å²) in [6, 6.07) is 11.2. The van der Waals surface area contributed by atoms with Gasteiger partial charge < -0.3 is 19.6 Å². The molecule has 1 aliphatic rings. The largest absolute Gasteiger partial charge is 0.872 e. The molecule has 1 aliphatic heterocycles. The summed E-state index contributed by atoms with van der Waals surface area (Å²) >= 11 is 0. The number of likely N-dealkylation sites (tertiary alicyclic amines) is 1. The van der Waals surface area contributed by atoms with E-state index in [0.717, 1.165) is 4.90 Å². The molecule has 1 atom stereocenters. The minimum atomic E-state index is -0.848. The quantitative estimate of drug-likeness (QED) is 0.407. The highest BCUT2D eigenvalue weighted by Crippen LogP contribution is 2.38. The van der Waals surface area contributed by atoms with Crippen molar-refractivity contribution in [2.24, 2.45) is 0 Å². The summed E-state index contributed by atoms with van der Waals surface area (Å²) in [5.74, 6) is -1.86. The van der Waals surface area contributed by atoms with E-state index in [4.69, 9.17) is 4.74 Å². The van der Waals surface area contributed by atoms with Crippen LogP contribution in [-0.4, -0.2) is 49.9 Å². The van der Waals surface area contributed by atoms with Gasteiger partial charge in [0, 0.05) is 5.57 Å². The van der Waals surface area contributed by atoms with Gasteiger partial charge in [-0.15, -0.1) is 0 Å². The molecule has 0 bridgehead atoms. The third kappa shape index (κ3) is 4.94. The van der Waals surface area contributed by atoms with Crippen molar-refractivity contribution in [1.82, 2.24) is 4.90 Å². The minimum absolute atomic E-state index is 0.0137. The maximum absolute atomic E-state index is 13.5. The summed E-state index contributed by atoms with van der Waals surface area (Å²) in [4.78, 5) is 28.2. The van der Waals surface area contributed by atoms with Gasteiger partial charge in [-0.2, -0.15) is 0 Å². The number of Topliss-reactive ketones (excluding diaryl/α,β-unsaturated/α-hetero) is 1. The van der Waals surface area contributed by atoms with Crippen LogP contribution in [0, 0.1) is 5.82 Å². The molecule has 0 radical (unpaired) electrons. The van der Waals surface area contributed by atoms with Gasteiger partial charge >= 0.3 is 0 Å². The van der Waals surface area contributed by atoms with E-state index in [1.54, 1.807) is 24.3 Å². The van der Waals surface area contributed by atoms with Crippen LogP contribution in [0.1, 0.15) is 31.0 Å². The second kappa shape index (κ2) is 9.31. The molecule has 1 unspecified atom stereocenters. The van der Waals surface area contributed by atoms with E-state index < -0.39 is 29.3 Å². The Balaban J connectivity index is 2.06. The normalized spacial score (nSPS) is 18.3. The van der Waals surface area contributed by atoms with Crippen LogP contribution in [0.2, 0.25) is 0 Å². The van der Waals surface area contributed by atoms with Crippen molar-refractivity contribution >= 4 is 17.4 Å². The number of amides is 1. The van der Waals surface area contributed by atoms with Gasteiger partial charge in [0.15, 0.2) is 0 Å². The van der Waals surface area contributed by atoms with Crippen LogP contribution >= 0.6 is 0 Å². The molecular weight excluding hydrogens is 399 g/mol. The lowest BCUT2D eigenvalue weighted by Gasteiger charge is -2.27. The van der Waals surface area contributed by atoms with Gasteiger partial charge in [0.25, 0.3) is 5.91 Å². The number of hydrogen-bond donors (Lipinski definition) is 1. The predicted molar refractivity (Wildman–Crippen MR) is 113 cm³/mol.